The van der Waals surface area contributed by atoms with E-state index in [1.165, 1.54) is 31.7 Å². The van der Waals surface area contributed by atoms with E-state index >= 15 is 0 Å². The molecule has 1 atom stereocenters. The van der Waals surface area contributed by atoms with Gasteiger partial charge in [0.1, 0.15) is 23.2 Å². The first-order valence-corrected chi connectivity index (χ1v) is 15.5. The largest absolute Gasteiger partial charge is 0.386 e. The van der Waals surface area contributed by atoms with Crippen molar-refractivity contribution in [2.24, 2.45) is 0 Å². The van der Waals surface area contributed by atoms with Crippen LogP contribution < -0.4 is 0 Å². The van der Waals surface area contributed by atoms with Crippen LogP contribution >= 0.6 is 85.5 Å². The Bertz CT molecular complexity index is 1370. The van der Waals surface area contributed by atoms with Crippen molar-refractivity contribution in [1.82, 2.24) is 19.9 Å². The molecule has 0 aliphatic carbocycles. The molecule has 0 radical (unpaired) electrons. The van der Waals surface area contributed by atoms with Crippen LogP contribution in [0.2, 0.25) is 20.1 Å². The molecule has 4 aromatic rings. The number of ketones is 3. The van der Waals surface area contributed by atoms with E-state index in [9.17, 15) is 19.5 Å². The molecule has 0 saturated heterocycles. The number of hydrogen-bond donors (Lipinski definition) is 1. The van der Waals surface area contributed by atoms with Gasteiger partial charge in [0.05, 0.1) is 42.9 Å². The minimum atomic E-state index is -0.700. The van der Waals surface area contributed by atoms with E-state index in [2.05, 4.69) is 35.9 Å². The summed E-state index contributed by atoms with van der Waals surface area (Å²) in [5.74, 6) is -0.176. The van der Waals surface area contributed by atoms with E-state index in [0.717, 1.165) is 0 Å². The predicted octanol–water partition coefficient (Wildman–Crippen LogP) is 8.41. The monoisotopic (exact) mass is 768 g/mol. The van der Waals surface area contributed by atoms with Gasteiger partial charge in [0.15, 0.2) is 17.3 Å². The highest BCUT2D eigenvalue weighted by molar-refractivity contribution is 9.09. The van der Waals surface area contributed by atoms with Crippen molar-refractivity contribution in [3.8, 4) is 0 Å². The van der Waals surface area contributed by atoms with Crippen molar-refractivity contribution < 1.29 is 19.5 Å². The molecule has 0 aromatic carbocycles. The van der Waals surface area contributed by atoms with Crippen LogP contribution in [-0.4, -0.2) is 59.5 Å². The Hall–Kier alpha value is -2.21. The van der Waals surface area contributed by atoms with Gasteiger partial charge in [-0.1, -0.05) is 62.3 Å². The molecule has 4 rings (SSSR count). The predicted molar refractivity (Wildman–Crippen MR) is 176 cm³/mol. The second-order valence-corrected chi connectivity index (χ2v) is 10.7. The van der Waals surface area contributed by atoms with Crippen LogP contribution in [0.4, 0.5) is 0 Å². The topological polar surface area (TPSA) is 123 Å². The molecule has 0 amide bonds. The third-order valence-corrected chi connectivity index (χ3v) is 6.53. The van der Waals surface area contributed by atoms with Crippen molar-refractivity contribution in [1.29, 1.82) is 0 Å². The fraction of sp³-hybridized carbons (Fsp3) is 0.179. The molecule has 1 N–H and O–H groups in total. The molecule has 0 aliphatic rings. The Balaban J connectivity index is 0.000000287. The van der Waals surface area contributed by atoms with Crippen LogP contribution in [0.5, 0.6) is 0 Å². The van der Waals surface area contributed by atoms with E-state index in [1.54, 1.807) is 48.5 Å². The molecule has 4 aromatic heterocycles. The van der Waals surface area contributed by atoms with Crippen LogP contribution in [0.25, 0.3) is 0 Å². The number of carbonyl (C=O) groups excluding carboxylic acids is 3. The molecule has 15 heteroatoms. The van der Waals surface area contributed by atoms with Gasteiger partial charge < -0.3 is 5.11 Å². The number of hydrogen-bond acceptors (Lipinski definition) is 8. The summed E-state index contributed by atoms with van der Waals surface area (Å²) in [6.45, 7) is 1.47. The van der Waals surface area contributed by atoms with Gasteiger partial charge in [-0.3, -0.25) is 34.3 Å². The zero-order valence-electron chi connectivity index (χ0n) is 22.2. The zero-order valence-corrected chi connectivity index (χ0v) is 28.4. The van der Waals surface area contributed by atoms with Crippen molar-refractivity contribution in [3.05, 3.63) is 116 Å². The Kier molecular flexibility index (Phi) is 19.4. The first-order chi connectivity index (χ1) is 20.4. The number of nitrogens with zero attached hydrogens (tertiary/aromatic N) is 4. The Morgan fingerprint density at radius 1 is 0.674 bits per heavy atom. The number of alkyl halides is 3. The summed E-state index contributed by atoms with van der Waals surface area (Å²) in [5.41, 5.74) is 1.78. The van der Waals surface area contributed by atoms with Crippen molar-refractivity contribution in [2.75, 3.05) is 17.1 Å². The van der Waals surface area contributed by atoms with Crippen molar-refractivity contribution in [2.45, 2.75) is 13.0 Å². The number of halogens is 7. The number of aliphatic hydroxyl groups is 1. The van der Waals surface area contributed by atoms with Gasteiger partial charge in [0, 0.05) is 31.7 Å². The quantitative estimate of drug-likeness (QED) is 0.147. The number of aromatic nitrogens is 4. The standard InChI is InChI=1S/C7H5BrClNO.C7H7Cl2NO.C7H5Cl2NO.C7H6ClNO/c3*8-3-7(11)6-2-1-5(9)4-10-6;1-5(10)7-3-2-6(8)4-9-7/h1-2,4H,3H2;1-2,4,7,11H,3H2;1-2,4H,3H2;2-4H,1H3/t;7-;;/m.0../s1. The summed E-state index contributed by atoms with van der Waals surface area (Å²) < 4.78 is 0. The van der Waals surface area contributed by atoms with E-state index in [-0.39, 0.29) is 29.1 Å². The lowest BCUT2D eigenvalue weighted by atomic mass is 10.2. The first kappa shape index (κ1) is 38.8. The normalized spacial score (nSPS) is 10.4. The number of Topliss-reactive ketones (excluding diaryl/α,β-unsaturated/α-hetero) is 3. The van der Waals surface area contributed by atoms with E-state index in [0.29, 0.717) is 48.2 Å². The lowest BCUT2D eigenvalue weighted by Crippen LogP contribution is -2.02. The highest BCUT2D eigenvalue weighted by Gasteiger charge is 2.06. The second kappa shape index (κ2) is 21.5. The average Bonchev–Trinajstić information content (AvgIpc) is 3.02. The molecule has 8 nitrogen and oxygen atoms in total. The number of rotatable bonds is 7. The van der Waals surface area contributed by atoms with Gasteiger partial charge in [-0.25, -0.2) is 0 Å². The molecule has 0 unspecified atom stereocenters. The maximum Gasteiger partial charge on any atom is 0.195 e. The fourth-order valence-electron chi connectivity index (χ4n) is 2.47. The molecule has 0 spiro atoms. The van der Waals surface area contributed by atoms with Crippen LogP contribution in [0, 0.1) is 0 Å². The molecule has 43 heavy (non-hydrogen) atoms. The maximum absolute atomic E-state index is 11.0. The SMILES string of the molecule is CC(=O)c1ccc(Cl)cn1.O=C(CBr)c1ccc(Cl)cn1.O=C(CCl)c1ccc(Cl)cn1.O[C@@H](CCl)c1ccc(Cl)cn1. The summed E-state index contributed by atoms with van der Waals surface area (Å²) in [4.78, 5) is 47.8. The highest BCUT2D eigenvalue weighted by Crippen LogP contribution is 2.14. The molecular formula is C28H23BrCl6N4O4. The second-order valence-electron chi connectivity index (χ2n) is 7.83. The van der Waals surface area contributed by atoms with E-state index in [1.807, 2.05) is 0 Å². The molecule has 228 valence electrons. The average molecular weight is 772 g/mol. The molecule has 0 fully saturated rings. The van der Waals surface area contributed by atoms with E-state index < -0.39 is 6.10 Å². The minimum Gasteiger partial charge on any atom is -0.386 e. The van der Waals surface area contributed by atoms with E-state index in [4.69, 9.17) is 69.6 Å². The summed E-state index contributed by atoms with van der Waals surface area (Å²) in [6.07, 6.45) is 5.11. The first-order valence-electron chi connectivity index (χ1n) is 11.8. The third-order valence-electron chi connectivity index (χ3n) is 4.59. The summed E-state index contributed by atoms with van der Waals surface area (Å²) in [7, 11) is 0. The number of pyridine rings is 4. The van der Waals surface area contributed by atoms with Gasteiger partial charge in [-0.15, -0.1) is 23.2 Å². The minimum absolute atomic E-state index is 0.0401. The summed E-state index contributed by atoms with van der Waals surface area (Å²) in [6, 6.07) is 13.0. The molecular weight excluding hydrogens is 749 g/mol. The fourth-order valence-corrected chi connectivity index (χ4v) is 3.50. The van der Waals surface area contributed by atoms with Gasteiger partial charge in [-0.05, 0) is 48.5 Å². The molecule has 4 heterocycles. The molecule has 0 saturated carbocycles. The molecule has 0 aliphatic heterocycles. The summed E-state index contributed by atoms with van der Waals surface area (Å²) in [5, 5.41) is 11.6. The smallest absolute Gasteiger partial charge is 0.195 e. The van der Waals surface area contributed by atoms with Crippen molar-refractivity contribution in [3.63, 3.8) is 0 Å². The van der Waals surface area contributed by atoms with Gasteiger partial charge in [0.2, 0.25) is 0 Å². The number of aliphatic hydroxyl groups excluding tert-OH is 1. The zero-order chi connectivity index (χ0) is 32.4. The van der Waals surface area contributed by atoms with Crippen LogP contribution in [0.3, 0.4) is 0 Å². The van der Waals surface area contributed by atoms with Gasteiger partial charge >= 0.3 is 0 Å². The van der Waals surface area contributed by atoms with Gasteiger partial charge in [-0.2, -0.15) is 0 Å². The maximum atomic E-state index is 11.0. The van der Waals surface area contributed by atoms with Crippen LogP contribution in [0.1, 0.15) is 50.2 Å². The Morgan fingerprint density at radius 3 is 1.37 bits per heavy atom. The lowest BCUT2D eigenvalue weighted by Gasteiger charge is -2.04. The highest BCUT2D eigenvalue weighted by atomic mass is 79.9. The molecule has 0 bridgehead atoms. The summed E-state index contributed by atoms with van der Waals surface area (Å²) >= 11 is 36.0. The third kappa shape index (κ3) is 15.9. The Morgan fingerprint density at radius 2 is 1.07 bits per heavy atom. The lowest BCUT2D eigenvalue weighted by molar-refractivity contribution is 0.100. The number of carbonyl (C=O) groups is 3. The van der Waals surface area contributed by atoms with Gasteiger partial charge in [0.25, 0.3) is 0 Å². The Labute approximate surface area is 286 Å². The van der Waals surface area contributed by atoms with Crippen LogP contribution in [0.15, 0.2) is 73.3 Å². The van der Waals surface area contributed by atoms with Crippen LogP contribution in [-0.2, 0) is 0 Å². The van der Waals surface area contributed by atoms with Crippen molar-refractivity contribution >= 4 is 103 Å².